The summed E-state index contributed by atoms with van der Waals surface area (Å²) in [7, 11) is 0. The van der Waals surface area contributed by atoms with Crippen LogP contribution in [0.5, 0.6) is 0 Å². The quantitative estimate of drug-likeness (QED) is 0.538. The lowest BCUT2D eigenvalue weighted by molar-refractivity contribution is 0.941. The summed E-state index contributed by atoms with van der Waals surface area (Å²) >= 11 is 0. The lowest BCUT2D eigenvalue weighted by atomic mass is 10.6. The molecule has 5 heteroatoms. The average Bonchev–Trinajstić information content (AvgIpc) is 2.33. The molecule has 10 heavy (non-hydrogen) atoms. The molecule has 0 aliphatic heterocycles. The van der Waals surface area contributed by atoms with E-state index >= 15 is 0 Å². The van der Waals surface area contributed by atoms with Gasteiger partial charge in [0.15, 0.2) is 0 Å². The van der Waals surface area contributed by atoms with E-state index in [1.165, 1.54) is 6.33 Å². The molecule has 0 fully saturated rings. The van der Waals surface area contributed by atoms with Crippen molar-refractivity contribution in [2.45, 2.75) is 0 Å². The fraction of sp³-hybridized carbons (Fsp3) is 0. The van der Waals surface area contributed by atoms with E-state index in [0.717, 1.165) is 0 Å². The van der Waals surface area contributed by atoms with Gasteiger partial charge in [0, 0.05) is 6.20 Å². The fourth-order valence-corrected chi connectivity index (χ4v) is 0.729. The summed E-state index contributed by atoms with van der Waals surface area (Å²) in [5, 5.41) is 3.85. The molecule has 0 aliphatic carbocycles. The second-order valence-corrected chi connectivity index (χ2v) is 1.86. The SMILES string of the molecule is Nc1ccn2ncnc2n1. The lowest BCUT2D eigenvalue weighted by Gasteiger charge is -1.90. The summed E-state index contributed by atoms with van der Waals surface area (Å²) in [5.41, 5.74) is 5.39. The summed E-state index contributed by atoms with van der Waals surface area (Å²) in [4.78, 5) is 7.74. The Kier molecular flexibility index (Phi) is 0.858. The first-order chi connectivity index (χ1) is 4.86. The van der Waals surface area contributed by atoms with Crippen LogP contribution in [0.1, 0.15) is 0 Å². The minimum absolute atomic E-state index is 0.459. The van der Waals surface area contributed by atoms with Crippen molar-refractivity contribution in [1.29, 1.82) is 0 Å². The molecule has 50 valence electrons. The largest absolute Gasteiger partial charge is 0.384 e. The Morgan fingerprint density at radius 3 is 3.30 bits per heavy atom. The molecule has 0 atom stereocenters. The van der Waals surface area contributed by atoms with Crippen molar-refractivity contribution in [2.75, 3.05) is 5.73 Å². The van der Waals surface area contributed by atoms with Crippen molar-refractivity contribution in [3.63, 3.8) is 0 Å². The molecular weight excluding hydrogens is 130 g/mol. The van der Waals surface area contributed by atoms with E-state index in [1.807, 2.05) is 0 Å². The monoisotopic (exact) mass is 135 g/mol. The Morgan fingerprint density at radius 1 is 1.50 bits per heavy atom. The van der Waals surface area contributed by atoms with E-state index in [0.29, 0.717) is 11.6 Å². The Bertz CT molecular complexity index is 352. The third-order valence-electron chi connectivity index (χ3n) is 1.17. The molecule has 2 aromatic rings. The number of hydrogen-bond acceptors (Lipinski definition) is 4. The van der Waals surface area contributed by atoms with Crippen molar-refractivity contribution in [1.82, 2.24) is 19.6 Å². The van der Waals surface area contributed by atoms with Crippen LogP contribution in [0.2, 0.25) is 0 Å². The molecule has 2 N–H and O–H groups in total. The zero-order chi connectivity index (χ0) is 6.97. The third-order valence-corrected chi connectivity index (χ3v) is 1.17. The highest BCUT2D eigenvalue weighted by Gasteiger charge is 1.93. The van der Waals surface area contributed by atoms with Gasteiger partial charge in [-0.25, -0.2) is 4.52 Å². The van der Waals surface area contributed by atoms with Crippen LogP contribution in [-0.4, -0.2) is 19.6 Å². The highest BCUT2D eigenvalue weighted by molar-refractivity contribution is 5.36. The molecule has 0 aromatic carbocycles. The number of aromatic nitrogens is 4. The Hall–Kier alpha value is -1.65. The van der Waals surface area contributed by atoms with Gasteiger partial charge in [-0.15, -0.1) is 0 Å². The number of nitrogens with two attached hydrogens (primary N) is 1. The van der Waals surface area contributed by atoms with Crippen LogP contribution in [-0.2, 0) is 0 Å². The highest BCUT2D eigenvalue weighted by atomic mass is 15.3. The van der Waals surface area contributed by atoms with Gasteiger partial charge >= 0.3 is 0 Å². The molecule has 2 heterocycles. The topological polar surface area (TPSA) is 69.1 Å². The Labute approximate surface area is 56.5 Å². The molecule has 2 rings (SSSR count). The van der Waals surface area contributed by atoms with Crippen LogP contribution in [0.4, 0.5) is 5.82 Å². The van der Waals surface area contributed by atoms with Crippen LogP contribution >= 0.6 is 0 Å². The minimum Gasteiger partial charge on any atom is -0.384 e. The van der Waals surface area contributed by atoms with Crippen molar-refractivity contribution < 1.29 is 0 Å². The van der Waals surface area contributed by atoms with Gasteiger partial charge in [0.1, 0.15) is 12.1 Å². The number of nitrogens with zero attached hydrogens (tertiary/aromatic N) is 4. The minimum atomic E-state index is 0.459. The van der Waals surface area contributed by atoms with Crippen LogP contribution in [0.3, 0.4) is 0 Å². The summed E-state index contributed by atoms with van der Waals surface area (Å²) in [6.45, 7) is 0. The first-order valence-corrected chi connectivity index (χ1v) is 2.78. The van der Waals surface area contributed by atoms with Crippen LogP contribution in [0.15, 0.2) is 18.6 Å². The highest BCUT2D eigenvalue weighted by Crippen LogP contribution is 1.97. The maximum atomic E-state index is 5.39. The van der Waals surface area contributed by atoms with Gasteiger partial charge in [-0.1, -0.05) is 0 Å². The first kappa shape index (κ1) is 5.16. The van der Waals surface area contributed by atoms with E-state index in [4.69, 9.17) is 5.73 Å². The van der Waals surface area contributed by atoms with Crippen molar-refractivity contribution in [3.05, 3.63) is 18.6 Å². The van der Waals surface area contributed by atoms with E-state index in [9.17, 15) is 0 Å². The predicted octanol–water partition coefficient (Wildman–Crippen LogP) is -0.294. The van der Waals surface area contributed by atoms with Crippen LogP contribution in [0.25, 0.3) is 5.78 Å². The summed E-state index contributed by atoms with van der Waals surface area (Å²) in [5.74, 6) is 0.987. The maximum absolute atomic E-state index is 5.39. The van der Waals surface area contributed by atoms with Gasteiger partial charge in [0.05, 0.1) is 0 Å². The van der Waals surface area contributed by atoms with Crippen LogP contribution < -0.4 is 5.73 Å². The van der Waals surface area contributed by atoms with Gasteiger partial charge in [-0.05, 0) is 6.07 Å². The van der Waals surface area contributed by atoms with Gasteiger partial charge in [0.25, 0.3) is 5.78 Å². The Balaban J connectivity index is 2.86. The molecule has 5 nitrogen and oxygen atoms in total. The maximum Gasteiger partial charge on any atom is 0.254 e. The lowest BCUT2D eigenvalue weighted by Crippen LogP contribution is -1.94. The second-order valence-electron chi connectivity index (χ2n) is 1.86. The molecule has 0 unspecified atom stereocenters. The molecule has 0 saturated heterocycles. The van der Waals surface area contributed by atoms with Crippen molar-refractivity contribution >= 4 is 11.6 Å². The van der Waals surface area contributed by atoms with Gasteiger partial charge in [-0.3, -0.25) is 0 Å². The van der Waals surface area contributed by atoms with Gasteiger partial charge < -0.3 is 5.73 Å². The molecule has 0 spiro atoms. The summed E-state index contributed by atoms with van der Waals surface area (Å²) < 4.78 is 1.55. The van der Waals surface area contributed by atoms with E-state index < -0.39 is 0 Å². The van der Waals surface area contributed by atoms with E-state index in [-0.39, 0.29) is 0 Å². The number of nitrogen functional groups attached to an aromatic ring is 1. The van der Waals surface area contributed by atoms with Crippen LogP contribution in [0, 0.1) is 0 Å². The first-order valence-electron chi connectivity index (χ1n) is 2.78. The molecule has 0 aliphatic rings. The number of anilines is 1. The second kappa shape index (κ2) is 1.66. The van der Waals surface area contributed by atoms with Gasteiger partial charge in [-0.2, -0.15) is 15.1 Å². The van der Waals surface area contributed by atoms with E-state index in [2.05, 4.69) is 15.1 Å². The smallest absolute Gasteiger partial charge is 0.254 e. The molecular formula is C5H5N5. The Morgan fingerprint density at radius 2 is 2.40 bits per heavy atom. The molecule has 0 saturated carbocycles. The standard InChI is InChI=1S/C5H5N5/c6-4-1-2-10-5(9-4)7-3-8-10/h1-3H,(H2,6,7,8,9). The van der Waals surface area contributed by atoms with E-state index in [1.54, 1.807) is 16.8 Å². The van der Waals surface area contributed by atoms with Crippen molar-refractivity contribution in [2.24, 2.45) is 0 Å². The number of hydrogen-bond donors (Lipinski definition) is 1. The number of rotatable bonds is 0. The van der Waals surface area contributed by atoms with Crippen molar-refractivity contribution in [3.8, 4) is 0 Å². The fourth-order valence-electron chi connectivity index (χ4n) is 0.729. The third kappa shape index (κ3) is 0.604. The summed E-state index contributed by atoms with van der Waals surface area (Å²) in [6.07, 6.45) is 3.15. The summed E-state index contributed by atoms with van der Waals surface area (Å²) in [6, 6.07) is 1.67. The number of fused-ring (bicyclic) bond motifs is 1. The zero-order valence-electron chi connectivity index (χ0n) is 5.10. The molecule has 0 amide bonds. The normalized spacial score (nSPS) is 10.4. The molecule has 0 radical (unpaired) electrons. The predicted molar refractivity (Wildman–Crippen MR) is 35.2 cm³/mol. The zero-order valence-corrected chi connectivity index (χ0v) is 5.10. The molecule has 0 bridgehead atoms. The van der Waals surface area contributed by atoms with Gasteiger partial charge in [0.2, 0.25) is 0 Å². The molecule has 2 aromatic heterocycles. The average molecular weight is 135 g/mol.